The van der Waals surface area contributed by atoms with Crippen molar-refractivity contribution in [2.45, 2.75) is 45.7 Å². The van der Waals surface area contributed by atoms with Crippen molar-refractivity contribution in [1.82, 2.24) is 10.2 Å². The van der Waals surface area contributed by atoms with Crippen LogP contribution in [0.25, 0.3) is 0 Å². The van der Waals surface area contributed by atoms with Crippen molar-refractivity contribution >= 4 is 35.0 Å². The van der Waals surface area contributed by atoms with Gasteiger partial charge in [-0.1, -0.05) is 32.4 Å². The molecule has 0 spiro atoms. The van der Waals surface area contributed by atoms with Gasteiger partial charge in [-0.3, -0.25) is 14.4 Å². The van der Waals surface area contributed by atoms with Gasteiger partial charge < -0.3 is 21.7 Å². The number of nitrogens with zero attached hydrogens (tertiary/aromatic N) is 1. The molecular formula is C18H25ClN4O3. The van der Waals surface area contributed by atoms with Gasteiger partial charge in [-0.15, -0.1) is 0 Å². The second kappa shape index (κ2) is 7.53. The second-order valence-electron chi connectivity index (χ2n) is 7.60. The first-order chi connectivity index (χ1) is 12.0. The average molecular weight is 381 g/mol. The number of likely N-dealkylation sites (tertiary alicyclic amines) is 1. The average Bonchev–Trinajstić information content (AvgIpc) is 3.03. The number of nitrogens with one attached hydrogen (secondary N) is 1. The van der Waals surface area contributed by atoms with Crippen LogP contribution in [0.2, 0.25) is 5.02 Å². The molecule has 1 fully saturated rings. The van der Waals surface area contributed by atoms with E-state index in [4.69, 9.17) is 23.1 Å². The second-order valence-corrected chi connectivity index (χ2v) is 8.01. The van der Waals surface area contributed by atoms with Crippen LogP contribution < -0.4 is 16.8 Å². The molecule has 5 N–H and O–H groups in total. The number of nitrogen functional groups attached to an aromatic ring is 1. The predicted molar refractivity (Wildman–Crippen MR) is 101 cm³/mol. The molecule has 0 radical (unpaired) electrons. The molecule has 1 aliphatic heterocycles. The molecule has 1 aromatic carbocycles. The van der Waals surface area contributed by atoms with Gasteiger partial charge >= 0.3 is 0 Å². The Kier molecular flexibility index (Phi) is 5.81. The summed E-state index contributed by atoms with van der Waals surface area (Å²) in [4.78, 5) is 38.8. The lowest BCUT2D eigenvalue weighted by Gasteiger charge is -2.35. The molecule has 0 aliphatic carbocycles. The van der Waals surface area contributed by atoms with Crippen molar-refractivity contribution < 1.29 is 14.4 Å². The number of anilines is 1. The van der Waals surface area contributed by atoms with E-state index >= 15 is 0 Å². The summed E-state index contributed by atoms with van der Waals surface area (Å²) >= 11 is 5.97. The number of halogens is 1. The van der Waals surface area contributed by atoms with Gasteiger partial charge in [-0.25, -0.2) is 0 Å². The summed E-state index contributed by atoms with van der Waals surface area (Å²) in [7, 11) is 0. The Labute approximate surface area is 158 Å². The molecule has 1 aromatic rings. The van der Waals surface area contributed by atoms with Crippen molar-refractivity contribution in [3.05, 3.63) is 28.8 Å². The van der Waals surface area contributed by atoms with Crippen LogP contribution in [0.4, 0.5) is 5.69 Å². The Hall–Kier alpha value is -2.28. The molecule has 1 aliphatic rings. The minimum absolute atomic E-state index is 0.268. The lowest BCUT2D eigenvalue weighted by atomic mass is 9.85. The third-order valence-electron chi connectivity index (χ3n) is 4.52. The van der Waals surface area contributed by atoms with Crippen LogP contribution >= 0.6 is 11.6 Å². The molecule has 3 amide bonds. The van der Waals surface area contributed by atoms with Crippen LogP contribution in [0.5, 0.6) is 0 Å². The Balaban J connectivity index is 2.24. The van der Waals surface area contributed by atoms with E-state index in [2.05, 4.69) is 5.32 Å². The van der Waals surface area contributed by atoms with Crippen molar-refractivity contribution in [3.63, 3.8) is 0 Å². The van der Waals surface area contributed by atoms with Crippen molar-refractivity contribution in [3.8, 4) is 0 Å². The SMILES string of the molecule is CC(C)(C)[C@H](NC(=O)c1ccc(N)c(Cl)c1)C(=O)N1CCCC1C(N)=O. The summed E-state index contributed by atoms with van der Waals surface area (Å²) < 4.78 is 0. The number of carbonyl (C=O) groups is 3. The van der Waals surface area contributed by atoms with Crippen LogP contribution in [0.15, 0.2) is 18.2 Å². The number of carbonyl (C=O) groups excluding carboxylic acids is 3. The fourth-order valence-electron chi connectivity index (χ4n) is 3.02. The lowest BCUT2D eigenvalue weighted by Crippen LogP contribution is -2.57. The van der Waals surface area contributed by atoms with Crippen LogP contribution in [-0.4, -0.2) is 41.2 Å². The number of benzene rings is 1. The van der Waals surface area contributed by atoms with Crippen molar-refractivity contribution in [1.29, 1.82) is 0 Å². The van der Waals surface area contributed by atoms with E-state index in [-0.39, 0.29) is 10.9 Å². The molecule has 2 atom stereocenters. The van der Waals surface area contributed by atoms with Gasteiger partial charge in [0.05, 0.1) is 10.7 Å². The third kappa shape index (κ3) is 4.27. The normalized spacial score (nSPS) is 18.5. The van der Waals surface area contributed by atoms with E-state index in [1.807, 2.05) is 20.8 Å². The molecule has 26 heavy (non-hydrogen) atoms. The molecule has 1 unspecified atom stereocenters. The van der Waals surface area contributed by atoms with E-state index in [1.54, 1.807) is 6.07 Å². The Morgan fingerprint density at radius 3 is 2.50 bits per heavy atom. The molecule has 1 heterocycles. The number of hydrogen-bond acceptors (Lipinski definition) is 4. The van der Waals surface area contributed by atoms with Crippen LogP contribution in [0.1, 0.15) is 44.0 Å². The number of rotatable bonds is 4. The molecule has 8 heteroatoms. The Morgan fingerprint density at radius 2 is 1.96 bits per heavy atom. The van der Waals surface area contributed by atoms with E-state index < -0.39 is 29.3 Å². The van der Waals surface area contributed by atoms with E-state index in [1.165, 1.54) is 17.0 Å². The Morgan fingerprint density at radius 1 is 1.31 bits per heavy atom. The monoisotopic (exact) mass is 380 g/mol. The van der Waals surface area contributed by atoms with Crippen LogP contribution in [-0.2, 0) is 9.59 Å². The summed E-state index contributed by atoms with van der Waals surface area (Å²) in [6.07, 6.45) is 1.25. The highest BCUT2D eigenvalue weighted by atomic mass is 35.5. The summed E-state index contributed by atoms with van der Waals surface area (Å²) in [6, 6.07) is 3.09. The molecular weight excluding hydrogens is 356 g/mol. The van der Waals surface area contributed by atoms with E-state index in [9.17, 15) is 14.4 Å². The number of nitrogens with two attached hydrogens (primary N) is 2. The molecule has 2 rings (SSSR count). The number of amides is 3. The minimum atomic E-state index is -0.814. The van der Waals surface area contributed by atoms with Gasteiger partial charge in [0, 0.05) is 12.1 Å². The summed E-state index contributed by atoms with van der Waals surface area (Å²) in [6.45, 7) is 5.99. The fraction of sp³-hybridized carbons (Fsp3) is 0.500. The first kappa shape index (κ1) is 20.0. The van der Waals surface area contributed by atoms with Gasteiger partial charge in [0.2, 0.25) is 11.8 Å². The molecule has 0 aromatic heterocycles. The zero-order chi connectivity index (χ0) is 19.6. The highest BCUT2D eigenvalue weighted by molar-refractivity contribution is 6.33. The van der Waals surface area contributed by atoms with Gasteiger partial charge in [-0.2, -0.15) is 0 Å². The topological polar surface area (TPSA) is 119 Å². The van der Waals surface area contributed by atoms with Gasteiger partial charge in [-0.05, 0) is 36.5 Å². The van der Waals surface area contributed by atoms with Crippen molar-refractivity contribution in [2.75, 3.05) is 12.3 Å². The van der Waals surface area contributed by atoms with E-state index in [0.717, 1.165) is 0 Å². The quantitative estimate of drug-likeness (QED) is 0.686. The summed E-state index contributed by atoms with van der Waals surface area (Å²) in [5.74, 6) is -1.27. The van der Waals surface area contributed by atoms with Crippen molar-refractivity contribution in [2.24, 2.45) is 11.1 Å². The first-order valence-electron chi connectivity index (χ1n) is 8.48. The smallest absolute Gasteiger partial charge is 0.252 e. The highest BCUT2D eigenvalue weighted by Gasteiger charge is 2.41. The largest absolute Gasteiger partial charge is 0.398 e. The van der Waals surface area contributed by atoms with Gasteiger partial charge in [0.25, 0.3) is 5.91 Å². The predicted octanol–water partition coefficient (Wildman–Crippen LogP) is 1.54. The lowest BCUT2D eigenvalue weighted by molar-refractivity contribution is -0.140. The highest BCUT2D eigenvalue weighted by Crippen LogP contribution is 2.26. The molecule has 0 bridgehead atoms. The third-order valence-corrected chi connectivity index (χ3v) is 4.84. The number of primary amides is 1. The zero-order valence-electron chi connectivity index (χ0n) is 15.2. The van der Waals surface area contributed by atoms with Crippen LogP contribution in [0.3, 0.4) is 0 Å². The first-order valence-corrected chi connectivity index (χ1v) is 8.86. The van der Waals surface area contributed by atoms with Crippen LogP contribution in [0, 0.1) is 5.41 Å². The zero-order valence-corrected chi connectivity index (χ0v) is 16.0. The van der Waals surface area contributed by atoms with Gasteiger partial charge in [0.15, 0.2) is 0 Å². The maximum absolute atomic E-state index is 13.1. The maximum atomic E-state index is 13.1. The summed E-state index contributed by atoms with van der Waals surface area (Å²) in [5, 5.41) is 3.04. The Bertz CT molecular complexity index is 730. The number of hydrogen-bond donors (Lipinski definition) is 3. The molecule has 7 nitrogen and oxygen atoms in total. The maximum Gasteiger partial charge on any atom is 0.252 e. The minimum Gasteiger partial charge on any atom is -0.398 e. The molecule has 1 saturated heterocycles. The molecule has 142 valence electrons. The standard InChI is InChI=1S/C18H25ClN4O3/c1-18(2,3)14(17(26)23-8-4-5-13(23)15(21)24)22-16(25)10-6-7-12(20)11(19)9-10/h6-7,9,13-14H,4-5,8,20H2,1-3H3,(H2,21,24)(H,22,25)/t13?,14-/m1/s1. The summed E-state index contributed by atoms with van der Waals surface area (Å²) in [5.41, 5.74) is 11.2. The van der Waals surface area contributed by atoms with E-state index in [0.29, 0.717) is 30.6 Å². The fourth-order valence-corrected chi connectivity index (χ4v) is 3.20. The van der Waals surface area contributed by atoms with Gasteiger partial charge in [0.1, 0.15) is 12.1 Å². The molecule has 0 saturated carbocycles.